The fourth-order valence-electron chi connectivity index (χ4n) is 5.13. The van der Waals surface area contributed by atoms with Crippen LogP contribution in [0.15, 0.2) is 36.5 Å². The van der Waals surface area contributed by atoms with Crippen molar-refractivity contribution in [3.05, 3.63) is 53.6 Å². The Morgan fingerprint density at radius 1 is 1.20 bits per heavy atom. The van der Waals surface area contributed by atoms with E-state index in [2.05, 4.69) is 26.0 Å². The summed E-state index contributed by atoms with van der Waals surface area (Å²) < 4.78 is 8.23. The average Bonchev–Trinajstić information content (AvgIpc) is 3.52. The second-order valence-corrected chi connectivity index (χ2v) is 10.0. The van der Waals surface area contributed by atoms with Crippen LogP contribution in [0, 0.1) is 6.92 Å². The van der Waals surface area contributed by atoms with Crippen LogP contribution >= 0.6 is 0 Å². The summed E-state index contributed by atoms with van der Waals surface area (Å²) in [6, 6.07) is 10.0. The lowest BCUT2D eigenvalue weighted by Crippen LogP contribution is -2.43. The lowest BCUT2D eigenvalue weighted by Gasteiger charge is -2.24. The Hall–Kier alpha value is -3.62. The predicted molar refractivity (Wildman–Crippen MR) is 134 cm³/mol. The Balaban J connectivity index is 1.37. The van der Waals surface area contributed by atoms with E-state index in [-0.39, 0.29) is 23.6 Å². The number of urea groups is 1. The Kier molecular flexibility index (Phi) is 5.86. The lowest BCUT2D eigenvalue weighted by atomic mass is 9.82. The molecule has 3 aromatic heterocycles. The number of ether oxygens (including phenoxy) is 1. The number of fused-ring (bicyclic) bond motifs is 2. The van der Waals surface area contributed by atoms with Crippen molar-refractivity contribution in [3.8, 4) is 17.0 Å². The summed E-state index contributed by atoms with van der Waals surface area (Å²) in [6.45, 7) is 10.2. The van der Waals surface area contributed by atoms with Gasteiger partial charge < -0.3 is 20.7 Å². The third kappa shape index (κ3) is 4.42. The number of carbonyl (C=O) groups is 1. The average molecular weight is 476 g/mol. The summed E-state index contributed by atoms with van der Waals surface area (Å²) in [5.74, 6) is 0.845. The Morgan fingerprint density at radius 3 is 2.77 bits per heavy atom. The fourth-order valence-corrected chi connectivity index (χ4v) is 5.13. The summed E-state index contributed by atoms with van der Waals surface area (Å²) >= 11 is 0. The van der Waals surface area contributed by atoms with Gasteiger partial charge in [0.15, 0.2) is 11.6 Å². The molecule has 1 unspecified atom stereocenters. The summed E-state index contributed by atoms with van der Waals surface area (Å²) in [5.41, 5.74) is 10.7. The number of nitrogens with zero attached hydrogens (tertiary/aromatic N) is 5. The van der Waals surface area contributed by atoms with E-state index in [0.717, 1.165) is 48.6 Å². The molecular weight excluding hydrogens is 442 g/mol. The standard InChI is InChI=1S/C26H33N7O2/c1-16(2)29-25(34)32-10-8-26(15-32)9-11-33-23(26)13-21(31-33)19-12-22(24(27)28-14-19)35-18(4)20-7-5-6-17(3)30-20/h5-7,12-14,16,18H,8-11,15H2,1-4H3,(H2,27,28)(H,29,34)/t18?,26-/m1/s1. The summed E-state index contributed by atoms with van der Waals surface area (Å²) in [6.07, 6.45) is 3.40. The number of hydrogen-bond acceptors (Lipinski definition) is 6. The van der Waals surface area contributed by atoms with Gasteiger partial charge in [-0.15, -0.1) is 0 Å². The molecule has 0 aliphatic carbocycles. The van der Waals surface area contributed by atoms with Gasteiger partial charge >= 0.3 is 6.03 Å². The van der Waals surface area contributed by atoms with Crippen molar-refractivity contribution in [2.45, 2.75) is 64.6 Å². The quantitative estimate of drug-likeness (QED) is 0.580. The number of carbonyl (C=O) groups excluding carboxylic acids is 1. The van der Waals surface area contributed by atoms with Crippen LogP contribution in [0.5, 0.6) is 5.75 Å². The number of rotatable bonds is 5. The van der Waals surface area contributed by atoms with E-state index in [0.29, 0.717) is 18.1 Å². The third-order valence-corrected chi connectivity index (χ3v) is 6.99. The monoisotopic (exact) mass is 475 g/mol. The van der Waals surface area contributed by atoms with Crippen molar-refractivity contribution in [3.63, 3.8) is 0 Å². The molecule has 184 valence electrons. The van der Waals surface area contributed by atoms with Crippen LogP contribution < -0.4 is 15.8 Å². The van der Waals surface area contributed by atoms with Gasteiger partial charge in [0.2, 0.25) is 0 Å². The minimum Gasteiger partial charge on any atom is -0.481 e. The molecule has 1 spiro atoms. The van der Waals surface area contributed by atoms with Crippen molar-refractivity contribution in [2.75, 3.05) is 18.8 Å². The molecule has 0 aromatic carbocycles. The number of anilines is 1. The van der Waals surface area contributed by atoms with Gasteiger partial charge in [-0.2, -0.15) is 5.10 Å². The highest BCUT2D eigenvalue weighted by Crippen LogP contribution is 2.44. The van der Waals surface area contributed by atoms with E-state index < -0.39 is 0 Å². The second-order valence-electron chi connectivity index (χ2n) is 10.0. The predicted octanol–water partition coefficient (Wildman–Crippen LogP) is 3.84. The zero-order valence-electron chi connectivity index (χ0n) is 20.8. The minimum absolute atomic E-state index is 0.0109. The van der Waals surface area contributed by atoms with Gasteiger partial charge in [0.25, 0.3) is 0 Å². The highest BCUT2D eigenvalue weighted by Gasteiger charge is 2.47. The number of amides is 2. The van der Waals surface area contributed by atoms with Crippen LogP contribution in [0.2, 0.25) is 0 Å². The molecule has 0 bridgehead atoms. The molecule has 2 aliphatic rings. The minimum atomic E-state index is -0.272. The van der Waals surface area contributed by atoms with Crippen molar-refractivity contribution in [2.24, 2.45) is 0 Å². The van der Waals surface area contributed by atoms with E-state index in [9.17, 15) is 4.79 Å². The van der Waals surface area contributed by atoms with E-state index in [1.165, 1.54) is 5.69 Å². The largest absolute Gasteiger partial charge is 0.481 e. The van der Waals surface area contributed by atoms with Gasteiger partial charge in [-0.3, -0.25) is 9.67 Å². The fraction of sp³-hybridized carbons (Fsp3) is 0.462. The summed E-state index contributed by atoms with van der Waals surface area (Å²) in [5, 5.41) is 7.88. The van der Waals surface area contributed by atoms with Crippen LogP contribution in [0.25, 0.3) is 11.3 Å². The molecule has 2 atom stereocenters. The van der Waals surface area contributed by atoms with E-state index >= 15 is 0 Å². The Labute approximate surface area is 205 Å². The maximum absolute atomic E-state index is 12.6. The number of likely N-dealkylation sites (tertiary alicyclic amines) is 1. The molecule has 1 saturated heterocycles. The maximum atomic E-state index is 12.6. The highest BCUT2D eigenvalue weighted by atomic mass is 16.5. The van der Waals surface area contributed by atoms with Gasteiger partial charge in [0.05, 0.1) is 11.4 Å². The highest BCUT2D eigenvalue weighted by molar-refractivity contribution is 5.75. The first-order chi connectivity index (χ1) is 16.7. The van der Waals surface area contributed by atoms with Crippen LogP contribution in [0.4, 0.5) is 10.6 Å². The molecule has 2 aliphatic heterocycles. The first kappa shape index (κ1) is 23.1. The van der Waals surface area contributed by atoms with Crippen LogP contribution in [-0.2, 0) is 12.0 Å². The summed E-state index contributed by atoms with van der Waals surface area (Å²) in [4.78, 5) is 23.4. The topological polar surface area (TPSA) is 111 Å². The number of pyridine rings is 2. The number of hydrogen-bond donors (Lipinski definition) is 2. The molecule has 3 N–H and O–H groups in total. The zero-order chi connectivity index (χ0) is 24.7. The molecule has 35 heavy (non-hydrogen) atoms. The van der Waals surface area contributed by atoms with Crippen molar-refractivity contribution in [1.82, 2.24) is 30.0 Å². The lowest BCUT2D eigenvalue weighted by molar-refractivity contribution is 0.203. The maximum Gasteiger partial charge on any atom is 0.317 e. The third-order valence-electron chi connectivity index (χ3n) is 6.99. The molecular formula is C26H33N7O2. The first-order valence-electron chi connectivity index (χ1n) is 12.2. The Morgan fingerprint density at radius 2 is 2.00 bits per heavy atom. The molecule has 3 aromatic rings. The molecule has 9 nitrogen and oxygen atoms in total. The molecule has 5 rings (SSSR count). The summed E-state index contributed by atoms with van der Waals surface area (Å²) in [7, 11) is 0. The van der Waals surface area contributed by atoms with Gasteiger partial charge in [-0.1, -0.05) is 6.07 Å². The van der Waals surface area contributed by atoms with Gasteiger partial charge in [-0.05, 0) is 64.8 Å². The SMILES string of the molecule is Cc1cccc(C(C)Oc2cc(-c3cc4n(n3)CC[C@@]43CCN(C(=O)NC(C)C)C3)cnc2N)n1. The number of aromatic nitrogens is 4. The second kappa shape index (κ2) is 8.87. The van der Waals surface area contributed by atoms with Crippen LogP contribution in [-0.4, -0.2) is 49.8 Å². The van der Waals surface area contributed by atoms with E-state index in [1.54, 1.807) is 6.20 Å². The molecule has 5 heterocycles. The Bertz CT molecular complexity index is 1250. The van der Waals surface area contributed by atoms with Gasteiger partial charge in [0, 0.05) is 54.2 Å². The number of nitrogen functional groups attached to an aromatic ring is 1. The normalized spacial score (nSPS) is 19.9. The number of aryl methyl sites for hydroxylation is 2. The molecule has 0 radical (unpaired) electrons. The van der Waals surface area contributed by atoms with Gasteiger partial charge in [0.1, 0.15) is 6.10 Å². The zero-order valence-corrected chi connectivity index (χ0v) is 20.8. The van der Waals surface area contributed by atoms with Gasteiger partial charge in [-0.25, -0.2) is 9.78 Å². The molecule has 1 fully saturated rings. The van der Waals surface area contributed by atoms with Crippen molar-refractivity contribution in [1.29, 1.82) is 0 Å². The molecule has 0 saturated carbocycles. The van der Waals surface area contributed by atoms with E-state index in [1.807, 2.05) is 56.9 Å². The van der Waals surface area contributed by atoms with Crippen LogP contribution in [0.1, 0.15) is 56.8 Å². The first-order valence-corrected chi connectivity index (χ1v) is 12.2. The van der Waals surface area contributed by atoms with Crippen molar-refractivity contribution < 1.29 is 9.53 Å². The smallest absolute Gasteiger partial charge is 0.317 e. The van der Waals surface area contributed by atoms with E-state index in [4.69, 9.17) is 15.6 Å². The number of nitrogens with two attached hydrogens (primary N) is 1. The van der Waals surface area contributed by atoms with Crippen molar-refractivity contribution >= 4 is 11.8 Å². The molecule has 9 heteroatoms. The van der Waals surface area contributed by atoms with Crippen LogP contribution in [0.3, 0.4) is 0 Å². The number of nitrogens with one attached hydrogen (secondary N) is 1. The molecule has 2 amide bonds.